The molecule has 0 aliphatic rings. The van der Waals surface area contributed by atoms with E-state index in [-0.39, 0.29) is 5.91 Å². The summed E-state index contributed by atoms with van der Waals surface area (Å²) in [4.78, 5) is 24.4. The summed E-state index contributed by atoms with van der Waals surface area (Å²) in [5, 5.41) is 6.92. The maximum atomic E-state index is 12.6. The summed E-state index contributed by atoms with van der Waals surface area (Å²) in [5.74, 6) is 0.532. The van der Waals surface area contributed by atoms with Gasteiger partial charge < -0.3 is 9.73 Å². The Hall–Kier alpha value is -3.29. The van der Waals surface area contributed by atoms with E-state index in [0.29, 0.717) is 23.4 Å². The smallest absolute Gasteiger partial charge is 0.251 e. The second kappa shape index (κ2) is 7.62. The Morgan fingerprint density at radius 1 is 0.897 bits per heavy atom. The van der Waals surface area contributed by atoms with Gasteiger partial charge in [-0.25, -0.2) is 9.97 Å². The predicted octanol–water partition coefficient (Wildman–Crippen LogP) is 5.61. The molecule has 5 rings (SSSR count). The van der Waals surface area contributed by atoms with Crippen LogP contribution in [0.5, 0.6) is 0 Å². The summed E-state index contributed by atoms with van der Waals surface area (Å²) in [6, 6.07) is 17.1. The Balaban J connectivity index is 1.54. The molecule has 0 spiro atoms. The Morgan fingerprint density at radius 2 is 1.62 bits per heavy atom. The molecule has 5 nitrogen and oxygen atoms in total. The molecule has 0 radical (unpaired) electrons. The SMILES string of the molecule is O=C(NCc1ccco1)c1ccc2nc(-c3cccs3)c(-c3cccs3)nc2c1. The van der Waals surface area contributed by atoms with Crippen molar-refractivity contribution in [1.82, 2.24) is 15.3 Å². The highest BCUT2D eigenvalue weighted by molar-refractivity contribution is 7.14. The van der Waals surface area contributed by atoms with Crippen LogP contribution in [0.25, 0.3) is 32.2 Å². The van der Waals surface area contributed by atoms with E-state index in [2.05, 4.69) is 5.32 Å². The molecule has 1 N–H and O–H groups in total. The zero-order valence-corrected chi connectivity index (χ0v) is 16.8. The summed E-state index contributed by atoms with van der Waals surface area (Å²) < 4.78 is 5.26. The zero-order valence-electron chi connectivity index (χ0n) is 15.2. The van der Waals surface area contributed by atoms with Crippen molar-refractivity contribution in [3.05, 3.63) is 82.9 Å². The van der Waals surface area contributed by atoms with Crippen molar-refractivity contribution in [2.24, 2.45) is 0 Å². The minimum Gasteiger partial charge on any atom is -0.467 e. The van der Waals surface area contributed by atoms with Crippen molar-refractivity contribution in [2.75, 3.05) is 0 Å². The number of nitrogens with zero attached hydrogens (tertiary/aromatic N) is 2. The van der Waals surface area contributed by atoms with Crippen LogP contribution < -0.4 is 5.32 Å². The molecule has 0 atom stereocenters. The van der Waals surface area contributed by atoms with Gasteiger partial charge in [-0.15, -0.1) is 22.7 Å². The highest BCUT2D eigenvalue weighted by Gasteiger charge is 2.16. The van der Waals surface area contributed by atoms with Crippen LogP contribution in [0.15, 0.2) is 76.0 Å². The van der Waals surface area contributed by atoms with Crippen LogP contribution in [-0.2, 0) is 6.54 Å². The summed E-state index contributed by atoms with van der Waals surface area (Å²) in [6.07, 6.45) is 1.59. The van der Waals surface area contributed by atoms with E-state index in [1.165, 1.54) is 0 Å². The van der Waals surface area contributed by atoms with Gasteiger partial charge in [-0.1, -0.05) is 12.1 Å². The first-order valence-electron chi connectivity index (χ1n) is 8.98. The molecule has 0 saturated heterocycles. The number of carbonyl (C=O) groups is 1. The number of furan rings is 1. The first-order valence-corrected chi connectivity index (χ1v) is 10.7. The van der Waals surface area contributed by atoms with Crippen molar-refractivity contribution in [3.8, 4) is 21.1 Å². The molecule has 4 heterocycles. The van der Waals surface area contributed by atoms with Crippen LogP contribution in [0.2, 0.25) is 0 Å². The fraction of sp³-hybridized carbons (Fsp3) is 0.0455. The lowest BCUT2D eigenvalue weighted by Gasteiger charge is -2.09. The summed E-state index contributed by atoms with van der Waals surface area (Å²) in [6.45, 7) is 0.341. The van der Waals surface area contributed by atoms with E-state index in [0.717, 1.165) is 26.7 Å². The van der Waals surface area contributed by atoms with Crippen LogP contribution in [0.3, 0.4) is 0 Å². The van der Waals surface area contributed by atoms with Gasteiger partial charge in [0.2, 0.25) is 0 Å². The third-order valence-corrected chi connectivity index (χ3v) is 6.19. The summed E-state index contributed by atoms with van der Waals surface area (Å²) in [7, 11) is 0. The van der Waals surface area contributed by atoms with Crippen molar-refractivity contribution >= 4 is 39.6 Å². The lowest BCUT2D eigenvalue weighted by molar-refractivity contribution is 0.0948. The van der Waals surface area contributed by atoms with E-state index >= 15 is 0 Å². The van der Waals surface area contributed by atoms with E-state index < -0.39 is 0 Å². The minimum atomic E-state index is -0.176. The highest BCUT2D eigenvalue weighted by atomic mass is 32.1. The average Bonchev–Trinajstić information content (AvgIpc) is 3.53. The molecule has 0 aliphatic heterocycles. The molecule has 142 valence electrons. The zero-order chi connectivity index (χ0) is 19.6. The molecule has 7 heteroatoms. The Kier molecular flexibility index (Phi) is 4.67. The van der Waals surface area contributed by atoms with Crippen molar-refractivity contribution in [1.29, 1.82) is 0 Å². The maximum absolute atomic E-state index is 12.6. The van der Waals surface area contributed by atoms with Crippen LogP contribution in [0, 0.1) is 0 Å². The number of hydrogen-bond donors (Lipinski definition) is 1. The second-order valence-electron chi connectivity index (χ2n) is 6.34. The van der Waals surface area contributed by atoms with Gasteiger partial charge in [-0.05, 0) is 53.2 Å². The molecule has 0 bridgehead atoms. The molecule has 0 saturated carbocycles. The van der Waals surface area contributed by atoms with Crippen LogP contribution in [-0.4, -0.2) is 15.9 Å². The first kappa shape index (κ1) is 17.8. The second-order valence-corrected chi connectivity index (χ2v) is 8.24. The van der Waals surface area contributed by atoms with Gasteiger partial charge in [0, 0.05) is 5.56 Å². The molecular weight excluding hydrogens is 402 g/mol. The van der Waals surface area contributed by atoms with Gasteiger partial charge in [0.1, 0.15) is 17.1 Å². The molecule has 29 heavy (non-hydrogen) atoms. The quantitative estimate of drug-likeness (QED) is 0.404. The number of carbonyl (C=O) groups excluding carboxylic acids is 1. The number of rotatable bonds is 5. The number of thiophene rings is 2. The molecule has 1 amide bonds. The van der Waals surface area contributed by atoms with Crippen LogP contribution in [0.1, 0.15) is 16.1 Å². The molecule has 4 aromatic heterocycles. The van der Waals surface area contributed by atoms with Crippen molar-refractivity contribution in [3.63, 3.8) is 0 Å². The number of benzene rings is 1. The van der Waals surface area contributed by atoms with Gasteiger partial charge in [0.25, 0.3) is 5.91 Å². The van der Waals surface area contributed by atoms with Gasteiger partial charge in [0.15, 0.2) is 0 Å². The Morgan fingerprint density at radius 3 is 2.24 bits per heavy atom. The number of amides is 1. The third-order valence-electron chi connectivity index (χ3n) is 4.44. The number of nitrogens with one attached hydrogen (secondary N) is 1. The third kappa shape index (κ3) is 3.57. The fourth-order valence-electron chi connectivity index (χ4n) is 3.05. The predicted molar refractivity (Wildman–Crippen MR) is 116 cm³/mol. The number of aromatic nitrogens is 2. The Bertz CT molecular complexity index is 1260. The molecule has 0 unspecified atom stereocenters. The van der Waals surface area contributed by atoms with Crippen LogP contribution >= 0.6 is 22.7 Å². The lowest BCUT2D eigenvalue weighted by Crippen LogP contribution is -2.22. The van der Waals surface area contributed by atoms with Crippen molar-refractivity contribution in [2.45, 2.75) is 6.54 Å². The molecule has 5 aromatic rings. The maximum Gasteiger partial charge on any atom is 0.251 e. The fourth-order valence-corrected chi connectivity index (χ4v) is 4.48. The lowest BCUT2D eigenvalue weighted by atomic mass is 10.1. The Labute approximate surface area is 174 Å². The topological polar surface area (TPSA) is 68.0 Å². The monoisotopic (exact) mass is 417 g/mol. The molecular formula is C22H15N3O2S2. The average molecular weight is 418 g/mol. The van der Waals surface area contributed by atoms with Gasteiger partial charge >= 0.3 is 0 Å². The number of fused-ring (bicyclic) bond motifs is 1. The largest absolute Gasteiger partial charge is 0.467 e. The van der Waals surface area contributed by atoms with E-state index in [1.54, 1.807) is 47.1 Å². The van der Waals surface area contributed by atoms with E-state index in [4.69, 9.17) is 14.4 Å². The van der Waals surface area contributed by atoms with Crippen molar-refractivity contribution < 1.29 is 9.21 Å². The molecule has 0 fully saturated rings. The summed E-state index contributed by atoms with van der Waals surface area (Å²) in [5.41, 5.74) is 3.70. The first-order chi connectivity index (χ1) is 14.3. The minimum absolute atomic E-state index is 0.176. The normalized spacial score (nSPS) is 11.0. The highest BCUT2D eigenvalue weighted by Crippen LogP contribution is 2.35. The number of hydrogen-bond acceptors (Lipinski definition) is 6. The van der Waals surface area contributed by atoms with Gasteiger partial charge in [-0.2, -0.15) is 0 Å². The van der Waals surface area contributed by atoms with Crippen LogP contribution in [0.4, 0.5) is 0 Å². The summed E-state index contributed by atoms with van der Waals surface area (Å²) >= 11 is 3.26. The van der Waals surface area contributed by atoms with Gasteiger partial charge in [-0.3, -0.25) is 4.79 Å². The van der Waals surface area contributed by atoms with E-state index in [9.17, 15) is 4.79 Å². The van der Waals surface area contributed by atoms with E-state index in [1.807, 2.05) is 47.2 Å². The van der Waals surface area contributed by atoms with Gasteiger partial charge in [0.05, 0.1) is 33.6 Å². The standard InChI is InChI=1S/C22H15N3O2S2/c26-22(23-13-15-4-1-9-27-15)14-7-8-16-17(12-14)25-21(19-6-3-11-29-19)20(24-16)18-5-2-10-28-18/h1-12H,13H2,(H,23,26). The molecule has 1 aromatic carbocycles. The molecule has 0 aliphatic carbocycles.